The lowest BCUT2D eigenvalue weighted by atomic mass is 10.0. The number of carboxylic acid groups (broad SMARTS) is 1. The molecule has 0 spiro atoms. The zero-order valence-corrected chi connectivity index (χ0v) is 21.9. The van der Waals surface area contributed by atoms with Gasteiger partial charge in [-0.15, -0.1) is 5.10 Å². The average molecular weight is 532 g/mol. The summed E-state index contributed by atoms with van der Waals surface area (Å²) in [6.45, 7) is 5.13. The van der Waals surface area contributed by atoms with Crippen molar-refractivity contribution in [2.45, 2.75) is 39.0 Å². The Balaban J connectivity index is 1.47. The molecule has 0 bridgehead atoms. The number of hydrogen-bond acceptors (Lipinski definition) is 9. The second-order valence-electron chi connectivity index (χ2n) is 9.36. The Hall–Kier alpha value is -4.65. The quantitative estimate of drug-likeness (QED) is 0.340. The Kier molecular flexibility index (Phi) is 7.32. The smallest absolute Gasteiger partial charge is 0.450 e. The number of rotatable bonds is 7. The van der Waals surface area contributed by atoms with Gasteiger partial charge in [0, 0.05) is 30.9 Å². The van der Waals surface area contributed by atoms with Gasteiger partial charge in [0.25, 0.3) is 5.91 Å². The van der Waals surface area contributed by atoms with E-state index in [1.54, 1.807) is 36.3 Å². The van der Waals surface area contributed by atoms with E-state index < -0.39 is 12.4 Å². The van der Waals surface area contributed by atoms with Crippen LogP contribution in [0.3, 0.4) is 0 Å². The number of tetrazole rings is 1. The zero-order valence-electron chi connectivity index (χ0n) is 21.9. The first-order valence-corrected chi connectivity index (χ1v) is 12.6. The highest BCUT2D eigenvalue weighted by molar-refractivity contribution is 6.06. The number of piperidine rings is 1. The molecule has 13 nitrogen and oxygen atoms in total. The molecule has 3 aromatic heterocycles. The number of benzene rings is 1. The number of aromatic nitrogens is 7. The number of nitrogens with zero attached hydrogens (tertiary/aromatic N) is 8. The summed E-state index contributed by atoms with van der Waals surface area (Å²) < 4.78 is 7.71. The summed E-state index contributed by atoms with van der Waals surface area (Å²) in [6.07, 6.45) is 2.87. The molecular weight excluding hydrogens is 502 g/mol. The van der Waals surface area contributed by atoms with Gasteiger partial charge in [-0.2, -0.15) is 9.78 Å². The average Bonchev–Trinajstić information content (AvgIpc) is 3.56. The molecule has 1 amide bonds. The van der Waals surface area contributed by atoms with Gasteiger partial charge in [0.15, 0.2) is 6.23 Å². The fourth-order valence-electron chi connectivity index (χ4n) is 4.85. The van der Waals surface area contributed by atoms with E-state index in [0.29, 0.717) is 35.0 Å². The highest BCUT2D eigenvalue weighted by Gasteiger charge is 2.30. The Morgan fingerprint density at radius 2 is 2.03 bits per heavy atom. The van der Waals surface area contributed by atoms with Gasteiger partial charge in [0.1, 0.15) is 11.5 Å². The molecule has 0 saturated carbocycles. The maximum Gasteiger partial charge on any atom is 0.507 e. The first-order chi connectivity index (χ1) is 18.8. The monoisotopic (exact) mass is 531 g/mol. The minimum atomic E-state index is -1.44. The Labute approximate surface area is 224 Å². The summed E-state index contributed by atoms with van der Waals surface area (Å²) >= 11 is 0. The number of nitrogens with one attached hydrogen (secondary N) is 1. The van der Waals surface area contributed by atoms with E-state index >= 15 is 0 Å². The van der Waals surface area contributed by atoms with Gasteiger partial charge < -0.3 is 15.2 Å². The Morgan fingerprint density at radius 3 is 2.72 bits per heavy atom. The van der Waals surface area contributed by atoms with Gasteiger partial charge >= 0.3 is 6.16 Å². The van der Waals surface area contributed by atoms with Crippen LogP contribution in [-0.4, -0.2) is 71.3 Å². The molecule has 4 aromatic rings. The number of amides is 1. The Morgan fingerprint density at radius 1 is 1.23 bits per heavy atom. The lowest BCUT2D eigenvalue weighted by Gasteiger charge is -2.34. The molecule has 2 N–H and O–H groups in total. The molecule has 0 aliphatic carbocycles. The van der Waals surface area contributed by atoms with Crippen LogP contribution < -0.4 is 10.2 Å². The van der Waals surface area contributed by atoms with Crippen LogP contribution in [0, 0.1) is 6.92 Å². The van der Waals surface area contributed by atoms with E-state index in [1.807, 2.05) is 36.1 Å². The number of aryl methyl sites for hydroxylation is 2. The highest BCUT2D eigenvalue weighted by Crippen LogP contribution is 2.32. The standard InChI is InChI=1S/C26H29N9O4/c1-16-6-4-13-28-23(16)34(20-7-5-12-27-14-20)25(36)19-10-8-18(9-11-19)21-15-29-33(3)22(21)24-30-31-32-35(24)17(2)39-26(37)38/h4,6,8-11,13,15,17,20,27H,5,7,12,14H2,1-3H3,(H,37,38)/t17?,20-/m1/s1. The topological polar surface area (TPSA) is 153 Å². The Bertz CT molecular complexity index is 1470. The van der Waals surface area contributed by atoms with Crippen LogP contribution >= 0.6 is 0 Å². The summed E-state index contributed by atoms with van der Waals surface area (Å²) in [5.41, 5.74) is 3.54. The van der Waals surface area contributed by atoms with Crippen molar-refractivity contribution in [3.05, 3.63) is 59.9 Å². The normalized spacial score (nSPS) is 16.0. The summed E-state index contributed by atoms with van der Waals surface area (Å²) in [7, 11) is 1.74. The zero-order chi connectivity index (χ0) is 27.5. The third-order valence-corrected chi connectivity index (χ3v) is 6.77. The maximum absolute atomic E-state index is 13.9. The second kappa shape index (κ2) is 11.0. The molecule has 39 heavy (non-hydrogen) atoms. The molecule has 2 atom stereocenters. The molecule has 1 aromatic carbocycles. The summed E-state index contributed by atoms with van der Waals surface area (Å²) in [6, 6.07) is 11.1. The predicted octanol–water partition coefficient (Wildman–Crippen LogP) is 3.06. The molecule has 1 fully saturated rings. The third-order valence-electron chi connectivity index (χ3n) is 6.77. The molecule has 1 aliphatic rings. The van der Waals surface area contributed by atoms with E-state index in [2.05, 4.69) is 30.9 Å². The largest absolute Gasteiger partial charge is 0.507 e. The van der Waals surface area contributed by atoms with Gasteiger partial charge in [-0.25, -0.2) is 9.78 Å². The van der Waals surface area contributed by atoms with E-state index in [4.69, 9.17) is 9.84 Å². The van der Waals surface area contributed by atoms with Crippen molar-refractivity contribution in [3.63, 3.8) is 0 Å². The highest BCUT2D eigenvalue weighted by atomic mass is 16.7. The van der Waals surface area contributed by atoms with Crippen LogP contribution in [0.2, 0.25) is 0 Å². The number of pyridine rings is 1. The molecule has 1 saturated heterocycles. The number of anilines is 1. The summed E-state index contributed by atoms with van der Waals surface area (Å²) in [5, 5.41) is 28.5. The van der Waals surface area contributed by atoms with Crippen molar-refractivity contribution < 1.29 is 19.4 Å². The van der Waals surface area contributed by atoms with Gasteiger partial charge in [0.05, 0.1) is 12.2 Å². The third kappa shape index (κ3) is 5.21. The predicted molar refractivity (Wildman–Crippen MR) is 141 cm³/mol. The summed E-state index contributed by atoms with van der Waals surface area (Å²) in [4.78, 5) is 31.3. The molecule has 0 radical (unpaired) electrons. The van der Waals surface area contributed by atoms with Crippen LogP contribution in [0.4, 0.5) is 10.6 Å². The molecule has 1 unspecified atom stereocenters. The molecule has 202 valence electrons. The van der Waals surface area contributed by atoms with Crippen molar-refractivity contribution in [1.29, 1.82) is 0 Å². The molecule has 4 heterocycles. The van der Waals surface area contributed by atoms with Crippen LogP contribution in [0.15, 0.2) is 48.8 Å². The van der Waals surface area contributed by atoms with E-state index in [1.165, 1.54) is 11.6 Å². The second-order valence-corrected chi connectivity index (χ2v) is 9.36. The first-order valence-electron chi connectivity index (χ1n) is 12.6. The van der Waals surface area contributed by atoms with E-state index in [0.717, 1.165) is 30.5 Å². The van der Waals surface area contributed by atoms with Crippen molar-refractivity contribution in [2.24, 2.45) is 7.05 Å². The number of ether oxygens (including phenoxy) is 1. The number of hydrogen-bond donors (Lipinski definition) is 2. The lowest BCUT2D eigenvalue weighted by Crippen LogP contribution is -2.49. The van der Waals surface area contributed by atoms with Gasteiger partial charge in [-0.1, -0.05) is 18.2 Å². The van der Waals surface area contributed by atoms with Crippen molar-refractivity contribution in [1.82, 2.24) is 40.3 Å². The minimum Gasteiger partial charge on any atom is -0.450 e. The maximum atomic E-state index is 13.9. The van der Waals surface area contributed by atoms with Crippen LogP contribution in [0.5, 0.6) is 0 Å². The first kappa shape index (κ1) is 26.0. The fraction of sp³-hybridized carbons (Fsp3) is 0.346. The van der Waals surface area contributed by atoms with Gasteiger partial charge in [0.2, 0.25) is 5.82 Å². The molecule has 5 rings (SSSR count). The van der Waals surface area contributed by atoms with Crippen LogP contribution in [-0.2, 0) is 11.8 Å². The van der Waals surface area contributed by atoms with E-state index in [9.17, 15) is 9.59 Å². The van der Waals surface area contributed by atoms with Crippen LogP contribution in [0.25, 0.3) is 22.6 Å². The number of carbonyl (C=O) groups excluding carboxylic acids is 1. The van der Waals surface area contributed by atoms with Gasteiger partial charge in [-0.3, -0.25) is 14.4 Å². The fourth-order valence-corrected chi connectivity index (χ4v) is 4.85. The number of carbonyl (C=O) groups is 2. The van der Waals surface area contributed by atoms with Crippen molar-refractivity contribution >= 4 is 17.9 Å². The minimum absolute atomic E-state index is 0.00155. The molecular formula is C26H29N9O4. The molecule has 13 heteroatoms. The van der Waals surface area contributed by atoms with Crippen molar-refractivity contribution in [3.8, 4) is 22.6 Å². The van der Waals surface area contributed by atoms with E-state index in [-0.39, 0.29) is 11.9 Å². The lowest BCUT2D eigenvalue weighted by molar-refractivity contribution is 0.0219. The SMILES string of the molecule is Cc1cccnc1N(C(=O)c1ccc(-c2cnn(C)c2-c2nnnn2C(C)OC(=O)O)cc1)[C@@H]1CCCNC1. The summed E-state index contributed by atoms with van der Waals surface area (Å²) in [5.74, 6) is 0.840. The van der Waals surface area contributed by atoms with Crippen LogP contribution in [0.1, 0.15) is 41.9 Å². The van der Waals surface area contributed by atoms with Gasteiger partial charge in [-0.05, 0) is 73.0 Å². The van der Waals surface area contributed by atoms with Crippen molar-refractivity contribution in [2.75, 3.05) is 18.0 Å². The molecule has 1 aliphatic heterocycles.